The maximum atomic E-state index is 8.70. The first-order chi connectivity index (χ1) is 8.22. The van der Waals surface area contributed by atoms with Crippen LogP contribution < -0.4 is 5.73 Å². The largest absolute Gasteiger partial charge is 0.409 e. The Morgan fingerprint density at radius 3 is 2.94 bits per heavy atom. The molecule has 17 heavy (non-hydrogen) atoms. The molecule has 2 rings (SSSR count). The van der Waals surface area contributed by atoms with Crippen molar-refractivity contribution in [3.8, 4) is 0 Å². The van der Waals surface area contributed by atoms with Crippen LogP contribution in [-0.4, -0.2) is 25.6 Å². The predicted octanol–water partition coefficient (Wildman–Crippen LogP) is 1.06. The first-order valence-corrected chi connectivity index (χ1v) is 5.62. The van der Waals surface area contributed by atoms with Crippen LogP contribution in [0.1, 0.15) is 5.56 Å². The lowest BCUT2D eigenvalue weighted by Crippen LogP contribution is -2.14. The van der Waals surface area contributed by atoms with Crippen LogP contribution in [0.25, 0.3) is 0 Å². The van der Waals surface area contributed by atoms with Gasteiger partial charge >= 0.3 is 0 Å². The second-order valence-corrected chi connectivity index (χ2v) is 4.22. The summed E-state index contributed by atoms with van der Waals surface area (Å²) in [5.41, 5.74) is 6.17. The molecule has 0 spiro atoms. The molecule has 0 aliphatic heterocycles. The van der Waals surface area contributed by atoms with Crippen LogP contribution in [0.2, 0.25) is 0 Å². The smallest absolute Gasteiger partial charge is 0.174 e. The fraction of sp³-hybridized carbons (Fsp3) is 0.100. The second kappa shape index (κ2) is 4.88. The Kier molecular flexibility index (Phi) is 3.29. The highest BCUT2D eigenvalue weighted by Crippen LogP contribution is 2.26. The van der Waals surface area contributed by atoms with E-state index in [4.69, 9.17) is 10.9 Å². The van der Waals surface area contributed by atoms with Gasteiger partial charge in [0.25, 0.3) is 0 Å². The van der Waals surface area contributed by atoms with Gasteiger partial charge in [-0.2, -0.15) is 0 Å². The molecule has 0 saturated carbocycles. The molecule has 0 saturated heterocycles. The summed E-state index contributed by atoms with van der Waals surface area (Å²) < 4.78 is 1.87. The number of hydrogen-bond acceptors (Lipinski definition) is 5. The molecule has 2 heterocycles. The lowest BCUT2D eigenvalue weighted by Gasteiger charge is -2.05. The molecule has 0 aliphatic rings. The third-order valence-corrected chi connectivity index (χ3v) is 3.21. The van der Waals surface area contributed by atoms with Gasteiger partial charge in [0.15, 0.2) is 11.0 Å². The van der Waals surface area contributed by atoms with Gasteiger partial charge in [0.05, 0.1) is 5.56 Å². The van der Waals surface area contributed by atoms with Crippen LogP contribution in [0.15, 0.2) is 46.1 Å². The predicted molar refractivity (Wildman–Crippen MR) is 64.1 cm³/mol. The van der Waals surface area contributed by atoms with Gasteiger partial charge in [0, 0.05) is 25.6 Å². The maximum absolute atomic E-state index is 8.70. The first kappa shape index (κ1) is 11.5. The molecule has 3 N–H and O–H groups in total. The zero-order chi connectivity index (χ0) is 12.3. The number of nitrogens with zero attached hydrogens (tertiary/aromatic N) is 4. The van der Waals surface area contributed by atoms with Crippen molar-refractivity contribution in [3.05, 3.63) is 36.3 Å². The quantitative estimate of drug-likeness (QED) is 0.367. The van der Waals surface area contributed by atoms with Crippen molar-refractivity contribution < 1.29 is 5.21 Å². The highest BCUT2D eigenvalue weighted by molar-refractivity contribution is 7.99. The third-order valence-electron chi connectivity index (χ3n) is 2.12. The minimum Gasteiger partial charge on any atom is -0.409 e. The van der Waals surface area contributed by atoms with E-state index in [1.807, 2.05) is 17.8 Å². The molecule has 6 nitrogen and oxygen atoms in total. The average Bonchev–Trinajstić information content (AvgIpc) is 2.75. The number of oxime groups is 1. The number of aryl methyl sites for hydroxylation is 1. The standard InChI is InChI=1S/C10H11N5OS/c1-15-6-5-13-10(15)17-9-7(8(11)14-16)3-2-4-12-9/h2-6,16H,1H3,(H2,11,14). The van der Waals surface area contributed by atoms with E-state index in [0.29, 0.717) is 10.6 Å². The molecule has 2 aromatic rings. The summed E-state index contributed by atoms with van der Waals surface area (Å²) in [6.07, 6.45) is 5.20. The van der Waals surface area contributed by atoms with Crippen molar-refractivity contribution in [2.24, 2.45) is 17.9 Å². The van der Waals surface area contributed by atoms with Crippen molar-refractivity contribution in [2.75, 3.05) is 0 Å². The van der Waals surface area contributed by atoms with Crippen molar-refractivity contribution >= 4 is 17.6 Å². The molecule has 0 amide bonds. The lowest BCUT2D eigenvalue weighted by molar-refractivity contribution is 0.318. The summed E-state index contributed by atoms with van der Waals surface area (Å²) >= 11 is 1.36. The van der Waals surface area contributed by atoms with E-state index in [-0.39, 0.29) is 5.84 Å². The topological polar surface area (TPSA) is 89.3 Å². The number of rotatable bonds is 3. The summed E-state index contributed by atoms with van der Waals surface area (Å²) in [7, 11) is 1.89. The van der Waals surface area contributed by atoms with E-state index in [2.05, 4.69) is 15.1 Å². The fourth-order valence-electron chi connectivity index (χ4n) is 1.26. The Morgan fingerprint density at radius 2 is 2.29 bits per heavy atom. The molecular weight excluding hydrogens is 238 g/mol. The molecule has 2 aromatic heterocycles. The van der Waals surface area contributed by atoms with Gasteiger partial charge in [-0.15, -0.1) is 0 Å². The molecule has 0 atom stereocenters. The summed E-state index contributed by atoms with van der Waals surface area (Å²) in [4.78, 5) is 8.38. The van der Waals surface area contributed by atoms with Gasteiger partial charge in [-0.25, -0.2) is 9.97 Å². The number of nitrogens with two attached hydrogens (primary N) is 1. The molecule has 7 heteroatoms. The SMILES string of the molecule is Cn1ccnc1Sc1ncccc1/C(N)=N/O. The van der Waals surface area contributed by atoms with Crippen LogP contribution in [0, 0.1) is 0 Å². The molecule has 0 radical (unpaired) electrons. The normalized spacial score (nSPS) is 11.7. The minimum absolute atomic E-state index is 0.0369. The zero-order valence-corrected chi connectivity index (χ0v) is 9.92. The Labute approximate surface area is 102 Å². The first-order valence-electron chi connectivity index (χ1n) is 4.80. The van der Waals surface area contributed by atoms with Crippen LogP contribution in [0.3, 0.4) is 0 Å². The number of aromatic nitrogens is 3. The summed E-state index contributed by atoms with van der Waals surface area (Å²) in [5, 5.41) is 13.1. The van der Waals surface area contributed by atoms with Crippen LogP contribution in [0.4, 0.5) is 0 Å². The minimum atomic E-state index is 0.0369. The fourth-order valence-corrected chi connectivity index (χ4v) is 2.15. The van der Waals surface area contributed by atoms with Gasteiger partial charge in [-0.1, -0.05) is 5.16 Å². The third kappa shape index (κ3) is 2.39. The summed E-state index contributed by atoms with van der Waals surface area (Å²) in [6.45, 7) is 0. The Hall–Kier alpha value is -2.02. The van der Waals surface area contributed by atoms with Gasteiger partial charge < -0.3 is 15.5 Å². The Bertz CT molecular complexity index is 551. The summed E-state index contributed by atoms with van der Waals surface area (Å²) in [6, 6.07) is 3.48. The van der Waals surface area contributed by atoms with E-state index in [9.17, 15) is 0 Å². The highest BCUT2D eigenvalue weighted by atomic mass is 32.2. The average molecular weight is 249 g/mol. The molecule has 0 fully saturated rings. The van der Waals surface area contributed by atoms with Gasteiger partial charge in [-0.05, 0) is 23.9 Å². The van der Waals surface area contributed by atoms with E-state index >= 15 is 0 Å². The Balaban J connectivity index is 2.36. The van der Waals surface area contributed by atoms with E-state index in [0.717, 1.165) is 5.16 Å². The van der Waals surface area contributed by atoms with E-state index in [1.54, 1.807) is 24.5 Å². The van der Waals surface area contributed by atoms with Crippen molar-refractivity contribution in [1.82, 2.24) is 14.5 Å². The number of amidine groups is 1. The van der Waals surface area contributed by atoms with Crippen molar-refractivity contribution in [3.63, 3.8) is 0 Å². The Morgan fingerprint density at radius 1 is 1.47 bits per heavy atom. The molecule has 0 bridgehead atoms. The molecule has 0 aliphatic carbocycles. The number of pyridine rings is 1. The van der Waals surface area contributed by atoms with Gasteiger partial charge in [-0.3, -0.25) is 0 Å². The number of imidazole rings is 1. The molecule has 88 valence electrons. The second-order valence-electron chi connectivity index (χ2n) is 3.26. The van der Waals surface area contributed by atoms with Crippen molar-refractivity contribution in [2.45, 2.75) is 10.2 Å². The number of hydrogen-bond donors (Lipinski definition) is 2. The zero-order valence-electron chi connectivity index (χ0n) is 9.11. The molecule has 0 aromatic carbocycles. The van der Waals surface area contributed by atoms with Crippen LogP contribution in [-0.2, 0) is 7.05 Å². The van der Waals surface area contributed by atoms with Crippen molar-refractivity contribution in [1.29, 1.82) is 0 Å². The van der Waals surface area contributed by atoms with E-state index < -0.39 is 0 Å². The summed E-state index contributed by atoms with van der Waals surface area (Å²) in [5.74, 6) is 0.0369. The lowest BCUT2D eigenvalue weighted by atomic mass is 10.3. The monoisotopic (exact) mass is 249 g/mol. The highest BCUT2D eigenvalue weighted by Gasteiger charge is 2.11. The molecular formula is C10H11N5OS. The van der Waals surface area contributed by atoms with Gasteiger partial charge in [0.1, 0.15) is 5.03 Å². The van der Waals surface area contributed by atoms with Crippen LogP contribution in [0.5, 0.6) is 0 Å². The molecule has 0 unspecified atom stereocenters. The van der Waals surface area contributed by atoms with Gasteiger partial charge in [0.2, 0.25) is 0 Å². The van der Waals surface area contributed by atoms with Crippen LogP contribution >= 0.6 is 11.8 Å². The van der Waals surface area contributed by atoms with E-state index in [1.165, 1.54) is 11.8 Å². The maximum Gasteiger partial charge on any atom is 0.174 e.